The molecule has 2 aromatic rings. The first-order valence-corrected chi connectivity index (χ1v) is 7.99. The summed E-state index contributed by atoms with van der Waals surface area (Å²) in [5.74, 6) is -0.816. The van der Waals surface area contributed by atoms with Crippen molar-refractivity contribution in [2.45, 2.75) is 0 Å². The second-order valence-electron chi connectivity index (χ2n) is 5.12. The molecule has 2 aromatic carbocycles. The standard InChI is InChI=1S/C18H13NO4S/c20-14-9-5-4-8-13(14)10-16-17(22)19(18(23)24-16)11-15(21)12-6-2-1-3-7-12/h1-10,20H,11H2/b16-10+. The summed E-state index contributed by atoms with van der Waals surface area (Å²) >= 11 is 0.758. The number of phenolic OH excluding ortho intramolecular Hbond substituents is 1. The maximum Gasteiger partial charge on any atom is 0.293 e. The average Bonchev–Trinajstić information content (AvgIpc) is 2.85. The van der Waals surface area contributed by atoms with E-state index < -0.39 is 11.1 Å². The molecule has 1 saturated heterocycles. The number of hydrogen-bond acceptors (Lipinski definition) is 5. The molecule has 0 unspecified atom stereocenters. The van der Waals surface area contributed by atoms with Gasteiger partial charge in [-0.2, -0.15) is 0 Å². The third-order valence-corrected chi connectivity index (χ3v) is 4.40. The zero-order valence-corrected chi connectivity index (χ0v) is 13.3. The minimum atomic E-state index is -0.530. The van der Waals surface area contributed by atoms with Crippen molar-refractivity contribution >= 4 is 34.8 Å². The first kappa shape index (κ1) is 16.0. The van der Waals surface area contributed by atoms with Crippen molar-refractivity contribution in [3.63, 3.8) is 0 Å². The van der Waals surface area contributed by atoms with Gasteiger partial charge in [-0.15, -0.1) is 0 Å². The molecular weight excluding hydrogens is 326 g/mol. The second kappa shape index (κ2) is 6.72. The number of nitrogens with zero attached hydrogens (tertiary/aromatic N) is 1. The molecule has 0 radical (unpaired) electrons. The van der Waals surface area contributed by atoms with Crippen molar-refractivity contribution in [1.82, 2.24) is 4.90 Å². The Morgan fingerprint density at radius 2 is 1.71 bits per heavy atom. The Labute approximate surface area is 142 Å². The third-order valence-electron chi connectivity index (χ3n) is 3.49. The molecule has 1 aliphatic heterocycles. The van der Waals surface area contributed by atoms with E-state index in [0.29, 0.717) is 11.1 Å². The van der Waals surface area contributed by atoms with Gasteiger partial charge in [0.2, 0.25) is 0 Å². The van der Waals surface area contributed by atoms with Crippen molar-refractivity contribution in [3.05, 3.63) is 70.6 Å². The maximum atomic E-state index is 12.4. The van der Waals surface area contributed by atoms with Gasteiger partial charge < -0.3 is 5.11 Å². The van der Waals surface area contributed by atoms with Crippen LogP contribution in [0.1, 0.15) is 15.9 Å². The Morgan fingerprint density at radius 3 is 2.42 bits per heavy atom. The van der Waals surface area contributed by atoms with Crippen LogP contribution in [0.4, 0.5) is 4.79 Å². The minimum Gasteiger partial charge on any atom is -0.507 e. The van der Waals surface area contributed by atoms with Gasteiger partial charge in [-0.05, 0) is 23.9 Å². The fourth-order valence-electron chi connectivity index (χ4n) is 2.25. The number of aromatic hydroxyl groups is 1. The topological polar surface area (TPSA) is 74.7 Å². The number of rotatable bonds is 4. The van der Waals surface area contributed by atoms with E-state index in [4.69, 9.17) is 0 Å². The van der Waals surface area contributed by atoms with E-state index in [9.17, 15) is 19.5 Å². The highest BCUT2D eigenvalue weighted by Crippen LogP contribution is 2.33. The summed E-state index contributed by atoms with van der Waals surface area (Å²) < 4.78 is 0. The first-order valence-electron chi connectivity index (χ1n) is 7.18. The summed E-state index contributed by atoms with van der Waals surface area (Å²) in [5.41, 5.74) is 0.888. The van der Waals surface area contributed by atoms with E-state index >= 15 is 0 Å². The van der Waals surface area contributed by atoms with Crippen molar-refractivity contribution < 1.29 is 19.5 Å². The molecular formula is C18H13NO4S. The van der Waals surface area contributed by atoms with Crippen LogP contribution < -0.4 is 0 Å². The van der Waals surface area contributed by atoms with Crippen LogP contribution in [0, 0.1) is 0 Å². The quantitative estimate of drug-likeness (QED) is 0.683. The minimum absolute atomic E-state index is 0.0182. The molecule has 2 amide bonds. The molecule has 1 heterocycles. The highest BCUT2D eigenvalue weighted by atomic mass is 32.2. The van der Waals surface area contributed by atoms with Crippen LogP contribution in [-0.4, -0.2) is 33.5 Å². The molecule has 0 bridgehead atoms. The van der Waals surface area contributed by atoms with E-state index in [1.54, 1.807) is 48.5 Å². The summed E-state index contributed by atoms with van der Waals surface area (Å²) in [4.78, 5) is 37.7. The van der Waals surface area contributed by atoms with Crippen LogP contribution in [-0.2, 0) is 4.79 Å². The van der Waals surface area contributed by atoms with Gasteiger partial charge in [-0.1, -0.05) is 48.5 Å². The highest BCUT2D eigenvalue weighted by Gasteiger charge is 2.36. The Hall–Kier alpha value is -2.86. The van der Waals surface area contributed by atoms with Crippen molar-refractivity contribution in [3.8, 4) is 5.75 Å². The lowest BCUT2D eigenvalue weighted by Gasteiger charge is -2.11. The Morgan fingerprint density at radius 1 is 1.04 bits per heavy atom. The smallest absolute Gasteiger partial charge is 0.293 e. The molecule has 6 heteroatoms. The Kier molecular flexibility index (Phi) is 4.48. The van der Waals surface area contributed by atoms with Crippen LogP contribution in [0.15, 0.2) is 59.5 Å². The molecule has 0 atom stereocenters. The van der Waals surface area contributed by atoms with Crippen LogP contribution >= 0.6 is 11.8 Å². The zero-order valence-electron chi connectivity index (χ0n) is 12.5. The number of phenols is 1. The van der Waals surface area contributed by atoms with Gasteiger partial charge in [-0.3, -0.25) is 19.3 Å². The van der Waals surface area contributed by atoms with Gasteiger partial charge in [0.1, 0.15) is 5.75 Å². The number of ketones is 1. The summed E-state index contributed by atoms with van der Waals surface area (Å²) in [5, 5.41) is 9.27. The molecule has 0 spiro atoms. The lowest BCUT2D eigenvalue weighted by Crippen LogP contribution is -2.33. The van der Waals surface area contributed by atoms with Gasteiger partial charge in [-0.25, -0.2) is 0 Å². The predicted molar refractivity (Wildman–Crippen MR) is 91.6 cm³/mol. The van der Waals surface area contributed by atoms with E-state index in [-0.39, 0.29) is 23.0 Å². The number of hydrogen-bond donors (Lipinski definition) is 1. The fraction of sp³-hybridized carbons (Fsp3) is 0.0556. The number of thioether (sulfide) groups is 1. The number of amides is 2. The molecule has 0 aliphatic carbocycles. The molecule has 120 valence electrons. The lowest BCUT2D eigenvalue weighted by atomic mass is 10.1. The van der Waals surface area contributed by atoms with E-state index in [1.165, 1.54) is 12.1 Å². The van der Waals surface area contributed by atoms with Crippen LogP contribution in [0.5, 0.6) is 5.75 Å². The number of carbonyl (C=O) groups excluding carboxylic acids is 3. The van der Waals surface area contributed by atoms with E-state index in [0.717, 1.165) is 16.7 Å². The Bertz CT molecular complexity index is 845. The fourth-order valence-corrected chi connectivity index (χ4v) is 3.08. The largest absolute Gasteiger partial charge is 0.507 e. The number of imide groups is 1. The predicted octanol–water partition coefficient (Wildman–Crippen LogP) is 3.31. The number of Topliss-reactive ketones (excluding diaryl/α,β-unsaturated/α-hetero) is 1. The summed E-state index contributed by atoms with van der Waals surface area (Å²) in [6.07, 6.45) is 1.45. The maximum absolute atomic E-state index is 12.4. The summed E-state index contributed by atoms with van der Waals surface area (Å²) in [7, 11) is 0. The van der Waals surface area contributed by atoms with Crippen LogP contribution in [0.3, 0.4) is 0 Å². The lowest BCUT2D eigenvalue weighted by molar-refractivity contribution is -0.122. The number of para-hydroxylation sites is 1. The van der Waals surface area contributed by atoms with Gasteiger partial charge in [0, 0.05) is 11.1 Å². The molecule has 3 rings (SSSR count). The normalized spacial score (nSPS) is 16.0. The van der Waals surface area contributed by atoms with Crippen LogP contribution in [0.25, 0.3) is 6.08 Å². The van der Waals surface area contributed by atoms with Crippen molar-refractivity contribution in [2.24, 2.45) is 0 Å². The zero-order chi connectivity index (χ0) is 17.1. The van der Waals surface area contributed by atoms with E-state index in [1.807, 2.05) is 0 Å². The van der Waals surface area contributed by atoms with Gasteiger partial charge in [0.05, 0.1) is 11.4 Å². The first-order chi connectivity index (χ1) is 11.6. The molecule has 1 N–H and O–H groups in total. The van der Waals surface area contributed by atoms with Gasteiger partial charge >= 0.3 is 0 Å². The molecule has 0 saturated carbocycles. The van der Waals surface area contributed by atoms with Crippen LogP contribution in [0.2, 0.25) is 0 Å². The second-order valence-corrected chi connectivity index (χ2v) is 6.11. The average molecular weight is 339 g/mol. The van der Waals surface area contributed by atoms with Crippen molar-refractivity contribution in [1.29, 1.82) is 0 Å². The molecule has 24 heavy (non-hydrogen) atoms. The Balaban J connectivity index is 1.80. The molecule has 5 nitrogen and oxygen atoms in total. The number of benzene rings is 2. The van der Waals surface area contributed by atoms with Crippen molar-refractivity contribution in [2.75, 3.05) is 6.54 Å². The highest BCUT2D eigenvalue weighted by molar-refractivity contribution is 8.18. The summed E-state index contributed by atoms with van der Waals surface area (Å²) in [6.45, 7) is -0.299. The van der Waals surface area contributed by atoms with Gasteiger partial charge in [0.15, 0.2) is 5.78 Å². The SMILES string of the molecule is O=C(CN1C(=O)S/C(=C/c2ccccc2O)C1=O)c1ccccc1. The molecule has 1 aliphatic rings. The molecule has 1 fully saturated rings. The van der Waals surface area contributed by atoms with Gasteiger partial charge in [0.25, 0.3) is 11.1 Å². The third kappa shape index (κ3) is 3.23. The van der Waals surface area contributed by atoms with E-state index in [2.05, 4.69) is 0 Å². The number of carbonyl (C=O) groups is 3. The monoisotopic (exact) mass is 339 g/mol. The summed E-state index contributed by atoms with van der Waals surface area (Å²) in [6, 6.07) is 15.0. The molecule has 0 aromatic heterocycles.